The van der Waals surface area contributed by atoms with Crippen LogP contribution < -0.4 is 0 Å². The van der Waals surface area contributed by atoms with Crippen molar-refractivity contribution in [2.75, 3.05) is 0 Å². The molecule has 0 atom stereocenters. The zero-order valence-corrected chi connectivity index (χ0v) is 9.67. The third-order valence-electron chi connectivity index (χ3n) is 3.52. The van der Waals surface area contributed by atoms with E-state index in [4.69, 9.17) is 0 Å². The van der Waals surface area contributed by atoms with E-state index < -0.39 is 0 Å². The first kappa shape index (κ1) is 10.2. The molecule has 0 saturated heterocycles. The number of rotatable bonds is 3. The van der Waals surface area contributed by atoms with Crippen molar-refractivity contribution in [3.05, 3.63) is 30.1 Å². The number of para-hydroxylation sites is 2. The van der Waals surface area contributed by atoms with Crippen LogP contribution in [-0.4, -0.2) is 9.97 Å². The summed E-state index contributed by atoms with van der Waals surface area (Å²) in [5.74, 6) is 1.12. The zero-order chi connectivity index (χ0) is 10.9. The molecule has 2 nitrogen and oxygen atoms in total. The monoisotopic (exact) mass is 202 g/mol. The van der Waals surface area contributed by atoms with Gasteiger partial charge in [0.2, 0.25) is 0 Å². The Labute approximate surface area is 90.7 Å². The van der Waals surface area contributed by atoms with Gasteiger partial charge in [-0.05, 0) is 25.0 Å². The van der Waals surface area contributed by atoms with Gasteiger partial charge in [0.25, 0.3) is 0 Å². The first-order valence-electron chi connectivity index (χ1n) is 5.65. The molecule has 0 unspecified atom stereocenters. The number of imidazole rings is 1. The van der Waals surface area contributed by atoms with Gasteiger partial charge in [-0.25, -0.2) is 4.98 Å². The molecule has 2 rings (SSSR count). The predicted octanol–water partition coefficient (Wildman–Crippen LogP) is 3.64. The van der Waals surface area contributed by atoms with Gasteiger partial charge in [0.1, 0.15) is 5.82 Å². The number of nitrogens with zero attached hydrogens (tertiary/aromatic N) is 1. The second-order valence-electron chi connectivity index (χ2n) is 4.37. The van der Waals surface area contributed by atoms with Gasteiger partial charge in [0, 0.05) is 5.41 Å². The van der Waals surface area contributed by atoms with Gasteiger partial charge in [-0.3, -0.25) is 0 Å². The highest BCUT2D eigenvalue weighted by Gasteiger charge is 2.25. The van der Waals surface area contributed by atoms with E-state index in [9.17, 15) is 0 Å². The van der Waals surface area contributed by atoms with E-state index in [1.54, 1.807) is 0 Å². The molecule has 1 aromatic carbocycles. The molecular formula is C13H18N2. The lowest BCUT2D eigenvalue weighted by atomic mass is 9.84. The SMILES string of the molecule is CCC(C)(CC)c1nc2ccccc2[nH]1. The zero-order valence-electron chi connectivity index (χ0n) is 9.67. The van der Waals surface area contributed by atoms with Crippen LogP contribution in [0.4, 0.5) is 0 Å². The molecule has 1 N–H and O–H groups in total. The average molecular weight is 202 g/mol. The molecule has 0 fully saturated rings. The van der Waals surface area contributed by atoms with Crippen molar-refractivity contribution in [3.8, 4) is 0 Å². The number of hydrogen-bond acceptors (Lipinski definition) is 1. The van der Waals surface area contributed by atoms with Gasteiger partial charge < -0.3 is 4.98 Å². The molecule has 0 aliphatic rings. The normalized spacial score (nSPS) is 12.2. The molecule has 0 aliphatic carbocycles. The number of hydrogen-bond donors (Lipinski definition) is 1. The van der Waals surface area contributed by atoms with Crippen LogP contribution in [0.1, 0.15) is 39.4 Å². The minimum atomic E-state index is 0.180. The van der Waals surface area contributed by atoms with Crippen LogP contribution in [0, 0.1) is 0 Å². The van der Waals surface area contributed by atoms with Crippen LogP contribution in [0.3, 0.4) is 0 Å². The average Bonchev–Trinajstić information content (AvgIpc) is 2.72. The largest absolute Gasteiger partial charge is 0.342 e. The van der Waals surface area contributed by atoms with Crippen LogP contribution in [0.5, 0.6) is 0 Å². The lowest BCUT2D eigenvalue weighted by Crippen LogP contribution is -2.21. The summed E-state index contributed by atoms with van der Waals surface area (Å²) >= 11 is 0. The quantitative estimate of drug-likeness (QED) is 0.808. The minimum Gasteiger partial charge on any atom is -0.342 e. The number of benzene rings is 1. The fraction of sp³-hybridized carbons (Fsp3) is 0.462. The van der Waals surface area contributed by atoms with Crippen molar-refractivity contribution in [1.29, 1.82) is 0 Å². The first-order chi connectivity index (χ1) is 7.19. The van der Waals surface area contributed by atoms with Crippen LogP contribution in [0.2, 0.25) is 0 Å². The summed E-state index contributed by atoms with van der Waals surface area (Å²) in [4.78, 5) is 8.10. The first-order valence-corrected chi connectivity index (χ1v) is 5.65. The number of H-pyrrole nitrogens is 1. The summed E-state index contributed by atoms with van der Waals surface area (Å²) < 4.78 is 0. The molecule has 0 bridgehead atoms. The maximum Gasteiger partial charge on any atom is 0.113 e. The maximum atomic E-state index is 4.67. The van der Waals surface area contributed by atoms with Crippen LogP contribution >= 0.6 is 0 Å². The Kier molecular flexibility index (Phi) is 2.51. The number of aromatic amines is 1. The van der Waals surface area contributed by atoms with E-state index in [-0.39, 0.29) is 5.41 Å². The van der Waals surface area contributed by atoms with Crippen molar-refractivity contribution in [2.24, 2.45) is 0 Å². The molecule has 2 heteroatoms. The van der Waals surface area contributed by atoms with Gasteiger partial charge >= 0.3 is 0 Å². The standard InChI is InChI=1S/C13H18N2/c1-4-13(3,5-2)12-14-10-8-6-7-9-11(10)15-12/h6-9H,4-5H2,1-3H3,(H,14,15). The Balaban J connectivity index is 2.52. The number of nitrogens with one attached hydrogen (secondary N) is 1. The van der Waals surface area contributed by atoms with Gasteiger partial charge in [-0.15, -0.1) is 0 Å². The van der Waals surface area contributed by atoms with Crippen molar-refractivity contribution in [1.82, 2.24) is 9.97 Å². The Morgan fingerprint density at radius 1 is 1.20 bits per heavy atom. The van der Waals surface area contributed by atoms with Crippen molar-refractivity contribution in [3.63, 3.8) is 0 Å². The summed E-state index contributed by atoms with van der Waals surface area (Å²) in [5, 5.41) is 0. The van der Waals surface area contributed by atoms with Gasteiger partial charge in [0.05, 0.1) is 11.0 Å². The molecule has 0 amide bonds. The van der Waals surface area contributed by atoms with Crippen LogP contribution in [0.25, 0.3) is 11.0 Å². The maximum absolute atomic E-state index is 4.67. The molecule has 0 aliphatic heterocycles. The summed E-state index contributed by atoms with van der Waals surface area (Å²) in [6, 6.07) is 8.21. The van der Waals surface area contributed by atoms with Crippen molar-refractivity contribution >= 4 is 11.0 Å². The molecule has 2 aromatic rings. The van der Waals surface area contributed by atoms with E-state index in [0.29, 0.717) is 0 Å². The van der Waals surface area contributed by atoms with Gasteiger partial charge in [-0.2, -0.15) is 0 Å². The third kappa shape index (κ3) is 1.65. The molecule has 80 valence electrons. The van der Waals surface area contributed by atoms with E-state index in [0.717, 1.165) is 29.7 Å². The number of aromatic nitrogens is 2. The number of fused-ring (bicyclic) bond motifs is 1. The molecule has 15 heavy (non-hydrogen) atoms. The summed E-state index contributed by atoms with van der Waals surface area (Å²) in [5.41, 5.74) is 2.39. The molecule has 0 radical (unpaired) electrons. The Morgan fingerprint density at radius 3 is 2.47 bits per heavy atom. The molecule has 1 aromatic heterocycles. The highest BCUT2D eigenvalue weighted by molar-refractivity contribution is 5.74. The van der Waals surface area contributed by atoms with Gasteiger partial charge in [0.15, 0.2) is 0 Å². The van der Waals surface area contributed by atoms with Gasteiger partial charge in [-0.1, -0.05) is 32.9 Å². The highest BCUT2D eigenvalue weighted by Crippen LogP contribution is 2.29. The summed E-state index contributed by atoms with van der Waals surface area (Å²) in [7, 11) is 0. The van der Waals surface area contributed by atoms with Crippen LogP contribution in [0.15, 0.2) is 24.3 Å². The second-order valence-corrected chi connectivity index (χ2v) is 4.37. The third-order valence-corrected chi connectivity index (χ3v) is 3.52. The van der Waals surface area contributed by atoms with Crippen molar-refractivity contribution in [2.45, 2.75) is 39.0 Å². The lowest BCUT2D eigenvalue weighted by Gasteiger charge is -2.23. The smallest absolute Gasteiger partial charge is 0.113 e. The summed E-state index contributed by atoms with van der Waals surface area (Å²) in [6.45, 7) is 6.71. The van der Waals surface area contributed by atoms with E-state index in [1.807, 2.05) is 12.1 Å². The topological polar surface area (TPSA) is 28.7 Å². The Hall–Kier alpha value is -1.31. The molecule has 1 heterocycles. The Bertz CT molecular complexity index is 419. The highest BCUT2D eigenvalue weighted by atomic mass is 14.9. The molecular weight excluding hydrogens is 184 g/mol. The fourth-order valence-corrected chi connectivity index (χ4v) is 1.82. The lowest BCUT2D eigenvalue weighted by molar-refractivity contribution is 0.416. The minimum absolute atomic E-state index is 0.180. The second kappa shape index (κ2) is 3.69. The fourth-order valence-electron chi connectivity index (χ4n) is 1.82. The molecule has 0 saturated carbocycles. The predicted molar refractivity (Wildman–Crippen MR) is 64.0 cm³/mol. The van der Waals surface area contributed by atoms with Crippen LogP contribution in [-0.2, 0) is 5.41 Å². The molecule has 0 spiro atoms. The van der Waals surface area contributed by atoms with E-state index in [2.05, 4.69) is 42.9 Å². The Morgan fingerprint density at radius 2 is 1.87 bits per heavy atom. The van der Waals surface area contributed by atoms with Crippen molar-refractivity contribution < 1.29 is 0 Å². The van der Waals surface area contributed by atoms with E-state index in [1.165, 1.54) is 0 Å². The summed E-state index contributed by atoms with van der Waals surface area (Å²) in [6.07, 6.45) is 2.23. The van der Waals surface area contributed by atoms with E-state index >= 15 is 0 Å².